The van der Waals surface area contributed by atoms with Crippen LogP contribution in [0.25, 0.3) is 0 Å². The normalized spacial score (nSPS) is 20.2. The molecule has 1 heterocycles. The summed E-state index contributed by atoms with van der Waals surface area (Å²) in [5, 5.41) is 10.2. The summed E-state index contributed by atoms with van der Waals surface area (Å²) in [7, 11) is 0. The number of β-amino-alcohol motifs (C(OH)–C–C–N with tert-alkyl or cyclic N) is 1. The van der Waals surface area contributed by atoms with Gasteiger partial charge in [-0.1, -0.05) is 30.3 Å². The van der Waals surface area contributed by atoms with Crippen LogP contribution in [0.3, 0.4) is 0 Å². The van der Waals surface area contributed by atoms with Crippen molar-refractivity contribution in [3.8, 4) is 5.75 Å². The molecule has 132 valence electrons. The van der Waals surface area contributed by atoms with E-state index in [0.29, 0.717) is 18.7 Å². The number of carbonyl (C=O) groups is 1. The third-order valence-corrected chi connectivity index (χ3v) is 4.08. The second-order valence-electron chi connectivity index (χ2n) is 5.95. The Morgan fingerprint density at radius 1 is 1.16 bits per heavy atom. The predicted molar refractivity (Wildman–Crippen MR) is 89.6 cm³/mol. The van der Waals surface area contributed by atoms with Gasteiger partial charge in [0.2, 0.25) is 0 Å². The van der Waals surface area contributed by atoms with Crippen molar-refractivity contribution in [3.05, 3.63) is 66.0 Å². The number of hydrogen-bond acceptors (Lipinski definition) is 4. The summed E-state index contributed by atoms with van der Waals surface area (Å²) in [6.07, 6.45) is -1.26. The third kappa shape index (κ3) is 4.70. The first-order valence-electron chi connectivity index (χ1n) is 8.18. The fourth-order valence-corrected chi connectivity index (χ4v) is 2.71. The van der Waals surface area contributed by atoms with Crippen LogP contribution in [0.2, 0.25) is 0 Å². The molecule has 2 aromatic carbocycles. The molecular weight excluding hydrogens is 325 g/mol. The minimum absolute atomic E-state index is 0.138. The number of benzene rings is 2. The third-order valence-electron chi connectivity index (χ3n) is 4.08. The highest BCUT2D eigenvalue weighted by Gasteiger charge is 2.32. The number of halogens is 1. The lowest BCUT2D eigenvalue weighted by Gasteiger charge is -2.35. The second-order valence-corrected chi connectivity index (χ2v) is 5.95. The van der Waals surface area contributed by atoms with Crippen LogP contribution in [0.15, 0.2) is 54.6 Å². The van der Waals surface area contributed by atoms with Gasteiger partial charge in [-0.05, 0) is 29.8 Å². The maximum Gasteiger partial charge on any atom is 0.410 e. The van der Waals surface area contributed by atoms with Crippen molar-refractivity contribution in [3.63, 3.8) is 0 Å². The molecule has 1 saturated heterocycles. The summed E-state index contributed by atoms with van der Waals surface area (Å²) in [6, 6.07) is 15.1. The van der Waals surface area contributed by atoms with Crippen molar-refractivity contribution in [2.24, 2.45) is 0 Å². The summed E-state index contributed by atoms with van der Waals surface area (Å²) < 4.78 is 23.9. The Morgan fingerprint density at radius 2 is 1.88 bits per heavy atom. The number of nitrogens with zero attached hydrogens (tertiary/aromatic N) is 1. The van der Waals surface area contributed by atoms with Crippen molar-refractivity contribution in [2.45, 2.75) is 25.2 Å². The quantitative estimate of drug-likeness (QED) is 0.925. The molecule has 1 N–H and O–H groups in total. The summed E-state index contributed by atoms with van der Waals surface area (Å²) >= 11 is 0. The predicted octanol–water partition coefficient (Wildman–Crippen LogP) is 2.98. The van der Waals surface area contributed by atoms with Crippen LogP contribution in [-0.4, -0.2) is 41.4 Å². The Balaban J connectivity index is 1.49. The van der Waals surface area contributed by atoms with E-state index < -0.39 is 18.3 Å². The maximum atomic E-state index is 12.9. The van der Waals surface area contributed by atoms with Gasteiger partial charge in [0.15, 0.2) is 0 Å². The van der Waals surface area contributed by atoms with E-state index in [4.69, 9.17) is 9.47 Å². The zero-order valence-corrected chi connectivity index (χ0v) is 13.7. The lowest BCUT2D eigenvalue weighted by molar-refractivity contribution is -0.0252. The van der Waals surface area contributed by atoms with Crippen molar-refractivity contribution >= 4 is 6.09 Å². The zero-order chi connectivity index (χ0) is 17.6. The maximum absolute atomic E-state index is 12.9. The molecule has 0 aromatic heterocycles. The van der Waals surface area contributed by atoms with Crippen LogP contribution in [0, 0.1) is 5.82 Å². The molecule has 6 heteroatoms. The van der Waals surface area contributed by atoms with Gasteiger partial charge < -0.3 is 19.5 Å². The SMILES string of the molecule is O=C(OCc1ccccc1)N1CC[C@@H](Oc2ccc(F)cc2)[C@H](O)C1. The van der Waals surface area contributed by atoms with Crippen molar-refractivity contribution in [1.29, 1.82) is 0 Å². The van der Waals surface area contributed by atoms with Crippen molar-refractivity contribution in [1.82, 2.24) is 4.90 Å². The molecular formula is C19H20FNO4. The average Bonchev–Trinajstić information content (AvgIpc) is 2.64. The highest BCUT2D eigenvalue weighted by molar-refractivity contribution is 5.67. The molecule has 0 spiro atoms. The van der Waals surface area contributed by atoms with Gasteiger partial charge in [0.1, 0.15) is 30.4 Å². The molecule has 1 aliphatic rings. The molecule has 1 aliphatic heterocycles. The number of hydrogen-bond donors (Lipinski definition) is 1. The van der Waals surface area contributed by atoms with Gasteiger partial charge in [0.25, 0.3) is 0 Å². The zero-order valence-electron chi connectivity index (χ0n) is 13.7. The summed E-state index contributed by atoms with van der Waals surface area (Å²) in [5.74, 6) is 0.148. The van der Waals surface area contributed by atoms with Crippen LogP contribution in [0.5, 0.6) is 5.75 Å². The molecule has 3 rings (SSSR count). The first-order valence-corrected chi connectivity index (χ1v) is 8.18. The number of rotatable bonds is 4. The standard InChI is InChI=1S/C19H20FNO4/c20-15-6-8-16(9-7-15)25-18-10-11-21(12-17(18)22)19(23)24-13-14-4-2-1-3-5-14/h1-9,17-18,22H,10-13H2/t17-,18-/m1/s1. The minimum atomic E-state index is -0.830. The Hall–Kier alpha value is -2.60. The topological polar surface area (TPSA) is 59.0 Å². The van der Waals surface area contributed by atoms with E-state index >= 15 is 0 Å². The molecule has 0 saturated carbocycles. The van der Waals surface area contributed by atoms with Gasteiger partial charge in [-0.15, -0.1) is 0 Å². The van der Waals surface area contributed by atoms with E-state index in [9.17, 15) is 14.3 Å². The molecule has 25 heavy (non-hydrogen) atoms. The Bertz CT molecular complexity index is 692. The van der Waals surface area contributed by atoms with Gasteiger partial charge in [0, 0.05) is 13.0 Å². The second kappa shape index (κ2) is 7.98. The number of carbonyl (C=O) groups excluding carboxylic acids is 1. The highest BCUT2D eigenvalue weighted by atomic mass is 19.1. The van der Waals surface area contributed by atoms with Crippen LogP contribution in [-0.2, 0) is 11.3 Å². The van der Waals surface area contributed by atoms with E-state index in [2.05, 4.69) is 0 Å². The van der Waals surface area contributed by atoms with Crippen LogP contribution in [0.4, 0.5) is 9.18 Å². The van der Waals surface area contributed by atoms with Crippen LogP contribution < -0.4 is 4.74 Å². The van der Waals surface area contributed by atoms with Crippen LogP contribution >= 0.6 is 0 Å². The van der Waals surface area contributed by atoms with E-state index in [-0.39, 0.29) is 19.0 Å². The summed E-state index contributed by atoms with van der Waals surface area (Å²) in [5.41, 5.74) is 0.908. The lowest BCUT2D eigenvalue weighted by Crippen LogP contribution is -2.51. The Kier molecular flexibility index (Phi) is 5.50. The molecule has 0 bridgehead atoms. The molecule has 1 amide bonds. The number of amides is 1. The first kappa shape index (κ1) is 17.2. The fraction of sp³-hybridized carbons (Fsp3) is 0.316. The van der Waals surface area contributed by atoms with E-state index in [1.807, 2.05) is 30.3 Å². The molecule has 0 radical (unpaired) electrons. The van der Waals surface area contributed by atoms with E-state index in [1.165, 1.54) is 29.2 Å². The summed E-state index contributed by atoms with van der Waals surface area (Å²) in [4.78, 5) is 13.6. The highest BCUT2D eigenvalue weighted by Crippen LogP contribution is 2.20. The van der Waals surface area contributed by atoms with Gasteiger partial charge >= 0.3 is 6.09 Å². The average molecular weight is 345 g/mol. The number of ether oxygens (including phenoxy) is 2. The molecule has 1 fully saturated rings. The van der Waals surface area contributed by atoms with Crippen molar-refractivity contribution in [2.75, 3.05) is 13.1 Å². The summed E-state index contributed by atoms with van der Waals surface area (Å²) in [6.45, 7) is 0.762. The monoisotopic (exact) mass is 345 g/mol. The lowest BCUT2D eigenvalue weighted by atomic mass is 10.1. The van der Waals surface area contributed by atoms with E-state index in [0.717, 1.165) is 5.56 Å². The molecule has 2 aromatic rings. The first-order chi connectivity index (χ1) is 12.1. The number of aliphatic hydroxyl groups excluding tert-OH is 1. The van der Waals surface area contributed by atoms with Gasteiger partial charge in [0.05, 0.1) is 6.54 Å². The van der Waals surface area contributed by atoms with Gasteiger partial charge in [-0.25, -0.2) is 9.18 Å². The van der Waals surface area contributed by atoms with Gasteiger partial charge in [-0.2, -0.15) is 0 Å². The Labute approximate surface area is 145 Å². The smallest absolute Gasteiger partial charge is 0.410 e. The minimum Gasteiger partial charge on any atom is -0.488 e. The van der Waals surface area contributed by atoms with E-state index in [1.54, 1.807) is 0 Å². The Morgan fingerprint density at radius 3 is 2.56 bits per heavy atom. The number of aliphatic hydroxyl groups is 1. The molecule has 0 unspecified atom stereocenters. The number of likely N-dealkylation sites (tertiary alicyclic amines) is 1. The molecule has 0 aliphatic carbocycles. The van der Waals surface area contributed by atoms with Crippen LogP contribution in [0.1, 0.15) is 12.0 Å². The van der Waals surface area contributed by atoms with Crippen molar-refractivity contribution < 1.29 is 23.8 Å². The van der Waals surface area contributed by atoms with Gasteiger partial charge in [-0.3, -0.25) is 0 Å². The molecule has 2 atom stereocenters. The number of piperidine rings is 1. The fourth-order valence-electron chi connectivity index (χ4n) is 2.71. The molecule has 5 nitrogen and oxygen atoms in total. The largest absolute Gasteiger partial charge is 0.488 e.